The monoisotopic (exact) mass is 360 g/mol. The maximum absolute atomic E-state index is 7.24. The second kappa shape index (κ2) is 9.13. The summed E-state index contributed by atoms with van der Waals surface area (Å²) in [4.78, 5) is 0. The SMILES string of the molecule is CC(C)(C)[Si](C)(CCCCN)O[Si](C)(CCCCN)C(C)(C)C. The molecule has 0 fully saturated rings. The fourth-order valence-electron chi connectivity index (χ4n) is 2.87. The molecule has 0 radical (unpaired) electrons. The molecular weight excluding hydrogens is 316 g/mol. The molecule has 2 atom stereocenters. The summed E-state index contributed by atoms with van der Waals surface area (Å²) in [5.41, 5.74) is 11.4. The highest BCUT2D eigenvalue weighted by atomic mass is 28.4. The van der Waals surface area contributed by atoms with Gasteiger partial charge in [0, 0.05) is 0 Å². The van der Waals surface area contributed by atoms with Crippen molar-refractivity contribution in [3.05, 3.63) is 0 Å². The fraction of sp³-hybridized carbons (Fsp3) is 1.00. The molecule has 0 aliphatic carbocycles. The van der Waals surface area contributed by atoms with Gasteiger partial charge < -0.3 is 15.6 Å². The summed E-state index contributed by atoms with van der Waals surface area (Å²) in [7, 11) is -3.64. The van der Waals surface area contributed by atoms with Crippen molar-refractivity contribution in [3.8, 4) is 0 Å². The molecule has 3 nitrogen and oxygen atoms in total. The average Bonchev–Trinajstić information content (AvgIpc) is 2.36. The van der Waals surface area contributed by atoms with Crippen molar-refractivity contribution in [2.45, 2.75) is 102 Å². The Morgan fingerprint density at radius 1 is 0.652 bits per heavy atom. The zero-order valence-electron chi connectivity index (χ0n) is 17.2. The second-order valence-electron chi connectivity index (χ2n) is 9.56. The third kappa shape index (κ3) is 6.98. The minimum atomic E-state index is -1.82. The predicted molar refractivity (Wildman–Crippen MR) is 110 cm³/mol. The van der Waals surface area contributed by atoms with Crippen LogP contribution in [0, 0.1) is 0 Å². The summed E-state index contributed by atoms with van der Waals surface area (Å²) in [5, 5.41) is 0.518. The molecule has 23 heavy (non-hydrogen) atoms. The maximum Gasteiger partial charge on any atom is 0.182 e. The number of unbranched alkanes of at least 4 members (excludes halogenated alkanes) is 2. The van der Waals surface area contributed by atoms with Crippen LogP contribution in [0.15, 0.2) is 0 Å². The summed E-state index contributed by atoms with van der Waals surface area (Å²) < 4.78 is 7.24. The molecule has 0 rings (SSSR count). The van der Waals surface area contributed by atoms with Crippen molar-refractivity contribution in [2.24, 2.45) is 11.5 Å². The van der Waals surface area contributed by atoms with Gasteiger partial charge in [-0.1, -0.05) is 54.4 Å². The van der Waals surface area contributed by atoms with E-state index in [2.05, 4.69) is 54.6 Å². The minimum Gasteiger partial charge on any atom is -0.454 e. The zero-order valence-corrected chi connectivity index (χ0v) is 19.2. The molecule has 0 bridgehead atoms. The standard InChI is InChI=1S/C18H44N2OSi2/c1-17(2,3)22(7,15-11-9-13-19)21-23(8,18(4,5)6)16-12-10-14-20/h9-16,19-20H2,1-8H3. The van der Waals surface area contributed by atoms with E-state index in [1.165, 1.54) is 24.9 Å². The lowest BCUT2D eigenvalue weighted by Gasteiger charge is -2.50. The second-order valence-corrected chi connectivity index (χ2v) is 19.3. The molecule has 0 aromatic carbocycles. The summed E-state index contributed by atoms with van der Waals surface area (Å²) >= 11 is 0. The van der Waals surface area contributed by atoms with Crippen LogP contribution in [0.25, 0.3) is 0 Å². The maximum atomic E-state index is 7.24. The molecule has 0 saturated carbocycles. The lowest BCUT2D eigenvalue weighted by molar-refractivity contribution is 0.426. The van der Waals surface area contributed by atoms with Gasteiger partial charge >= 0.3 is 0 Å². The van der Waals surface area contributed by atoms with Gasteiger partial charge in [0.2, 0.25) is 0 Å². The Labute approximate surface area is 148 Å². The van der Waals surface area contributed by atoms with Crippen LogP contribution in [-0.2, 0) is 4.12 Å². The van der Waals surface area contributed by atoms with Crippen LogP contribution >= 0.6 is 0 Å². The highest BCUT2D eigenvalue weighted by Gasteiger charge is 2.50. The van der Waals surface area contributed by atoms with E-state index < -0.39 is 16.6 Å². The van der Waals surface area contributed by atoms with Gasteiger partial charge in [0.05, 0.1) is 0 Å². The van der Waals surface area contributed by atoms with Gasteiger partial charge in [0.1, 0.15) is 0 Å². The Balaban J connectivity index is 5.35. The van der Waals surface area contributed by atoms with Crippen LogP contribution in [0.2, 0.25) is 35.3 Å². The molecule has 0 aromatic rings. The quantitative estimate of drug-likeness (QED) is 0.414. The molecule has 5 heteroatoms. The highest BCUT2D eigenvalue weighted by Crippen LogP contribution is 2.48. The van der Waals surface area contributed by atoms with Crippen LogP contribution in [-0.4, -0.2) is 29.7 Å². The van der Waals surface area contributed by atoms with Crippen LogP contribution < -0.4 is 11.5 Å². The Kier molecular flexibility index (Phi) is 9.26. The van der Waals surface area contributed by atoms with Crippen LogP contribution in [0.4, 0.5) is 0 Å². The van der Waals surface area contributed by atoms with Crippen LogP contribution in [0.5, 0.6) is 0 Å². The summed E-state index contributed by atoms with van der Waals surface area (Å²) in [6, 6.07) is 2.45. The zero-order chi connectivity index (χ0) is 18.4. The van der Waals surface area contributed by atoms with Gasteiger partial charge in [-0.05, 0) is 61.2 Å². The molecule has 0 amide bonds. The molecule has 0 aromatic heterocycles. The van der Waals surface area contributed by atoms with E-state index >= 15 is 0 Å². The van der Waals surface area contributed by atoms with Gasteiger partial charge in [0.25, 0.3) is 0 Å². The minimum absolute atomic E-state index is 0.259. The first kappa shape index (κ1) is 23.3. The third-order valence-electron chi connectivity index (χ3n) is 5.84. The largest absolute Gasteiger partial charge is 0.454 e. The van der Waals surface area contributed by atoms with Crippen molar-refractivity contribution in [1.29, 1.82) is 0 Å². The molecule has 2 unspecified atom stereocenters. The molecule has 140 valence electrons. The first-order valence-corrected chi connectivity index (χ1v) is 14.7. The van der Waals surface area contributed by atoms with Gasteiger partial charge in [-0.2, -0.15) is 0 Å². The summed E-state index contributed by atoms with van der Waals surface area (Å²) in [6.07, 6.45) is 4.63. The van der Waals surface area contributed by atoms with E-state index in [1.54, 1.807) is 0 Å². The van der Waals surface area contributed by atoms with Crippen LogP contribution in [0.1, 0.15) is 67.2 Å². The Hall–Kier alpha value is 0.314. The molecule has 0 aliphatic heterocycles. The third-order valence-corrected chi connectivity index (χ3v) is 18.4. The van der Waals surface area contributed by atoms with Crippen molar-refractivity contribution < 1.29 is 4.12 Å². The van der Waals surface area contributed by atoms with E-state index in [0.717, 1.165) is 25.9 Å². The first-order valence-electron chi connectivity index (χ1n) is 9.43. The molecular formula is C18H44N2OSi2. The molecule has 0 saturated heterocycles. The summed E-state index contributed by atoms with van der Waals surface area (Å²) in [6.45, 7) is 20.7. The normalized spacial score (nSPS) is 18.5. The van der Waals surface area contributed by atoms with Crippen molar-refractivity contribution in [3.63, 3.8) is 0 Å². The lowest BCUT2D eigenvalue weighted by atomic mass is 10.2. The van der Waals surface area contributed by atoms with Gasteiger partial charge in [0.15, 0.2) is 16.6 Å². The number of hydrogen-bond acceptors (Lipinski definition) is 3. The Bertz CT molecular complexity index is 307. The molecule has 4 N–H and O–H groups in total. The van der Waals surface area contributed by atoms with Crippen molar-refractivity contribution in [2.75, 3.05) is 13.1 Å². The fourth-order valence-corrected chi connectivity index (χ4v) is 13.5. The number of nitrogens with two attached hydrogens (primary N) is 2. The van der Waals surface area contributed by atoms with E-state index in [9.17, 15) is 0 Å². The van der Waals surface area contributed by atoms with Gasteiger partial charge in [-0.25, -0.2) is 0 Å². The summed E-state index contributed by atoms with van der Waals surface area (Å²) in [5.74, 6) is 0. The van der Waals surface area contributed by atoms with E-state index in [0.29, 0.717) is 0 Å². The smallest absolute Gasteiger partial charge is 0.182 e. The average molecular weight is 361 g/mol. The van der Waals surface area contributed by atoms with E-state index in [4.69, 9.17) is 15.6 Å². The van der Waals surface area contributed by atoms with E-state index in [-0.39, 0.29) is 10.1 Å². The lowest BCUT2D eigenvalue weighted by Crippen LogP contribution is -2.56. The predicted octanol–water partition coefficient (Wildman–Crippen LogP) is 5.23. The highest BCUT2D eigenvalue weighted by molar-refractivity contribution is 6.88. The number of hydrogen-bond donors (Lipinski definition) is 2. The Morgan fingerprint density at radius 3 is 1.17 bits per heavy atom. The topological polar surface area (TPSA) is 61.3 Å². The molecule has 0 heterocycles. The van der Waals surface area contributed by atoms with Crippen LogP contribution in [0.3, 0.4) is 0 Å². The number of rotatable bonds is 10. The van der Waals surface area contributed by atoms with E-state index in [1.807, 2.05) is 0 Å². The van der Waals surface area contributed by atoms with Crippen molar-refractivity contribution in [1.82, 2.24) is 0 Å². The first-order chi connectivity index (χ1) is 10.3. The molecule has 0 aliphatic rings. The Morgan fingerprint density at radius 2 is 0.957 bits per heavy atom. The molecule has 0 spiro atoms. The van der Waals surface area contributed by atoms with Crippen molar-refractivity contribution >= 4 is 16.6 Å². The van der Waals surface area contributed by atoms with Gasteiger partial charge in [-0.15, -0.1) is 0 Å². The van der Waals surface area contributed by atoms with Gasteiger partial charge in [-0.3, -0.25) is 0 Å².